The van der Waals surface area contributed by atoms with Gasteiger partial charge in [0.1, 0.15) is 5.75 Å². The van der Waals surface area contributed by atoms with Crippen LogP contribution in [0.5, 0.6) is 5.75 Å². The summed E-state index contributed by atoms with van der Waals surface area (Å²) in [6, 6.07) is 13.5. The van der Waals surface area contributed by atoms with Crippen LogP contribution in [-0.4, -0.2) is 35.1 Å². The molecule has 0 fully saturated rings. The molecule has 1 aliphatic rings. The smallest absolute Gasteiger partial charge is 0.254 e. The summed E-state index contributed by atoms with van der Waals surface area (Å²) in [6.45, 7) is 0.263. The van der Waals surface area contributed by atoms with Gasteiger partial charge in [0.2, 0.25) is 11.7 Å². The number of carbonyl (C=O) groups is 1. The van der Waals surface area contributed by atoms with Crippen molar-refractivity contribution in [2.24, 2.45) is 0 Å². The van der Waals surface area contributed by atoms with E-state index >= 15 is 0 Å². The van der Waals surface area contributed by atoms with Crippen LogP contribution >= 0.6 is 0 Å². The number of aromatic nitrogens is 2. The lowest BCUT2D eigenvalue weighted by atomic mass is 9.90. The first-order valence-corrected chi connectivity index (χ1v) is 9.48. The molecular weight excluding hydrogens is 354 g/mol. The average molecular weight is 377 g/mol. The Bertz CT molecular complexity index is 979. The zero-order chi connectivity index (χ0) is 19.5. The summed E-state index contributed by atoms with van der Waals surface area (Å²) in [4.78, 5) is 18.8. The van der Waals surface area contributed by atoms with Gasteiger partial charge in [-0.3, -0.25) is 4.79 Å². The highest BCUT2D eigenvalue weighted by Crippen LogP contribution is 2.23. The molecule has 0 bridgehead atoms. The Morgan fingerprint density at radius 2 is 1.86 bits per heavy atom. The number of benzene rings is 2. The fourth-order valence-corrected chi connectivity index (χ4v) is 3.54. The standard InChI is InChI=1S/C22H23N3O3/c1-25(22(26)18-8-7-15-5-3-4-6-17(15)13-18)14-20-23-21(24-28-20)16-9-11-19(27-2)12-10-16/h7-13H,3-6,14H2,1-2H3. The summed E-state index contributed by atoms with van der Waals surface area (Å²) < 4.78 is 10.5. The highest BCUT2D eigenvalue weighted by molar-refractivity contribution is 5.94. The maximum Gasteiger partial charge on any atom is 0.254 e. The van der Waals surface area contributed by atoms with Crippen molar-refractivity contribution < 1.29 is 14.1 Å². The average Bonchev–Trinajstić information content (AvgIpc) is 3.21. The predicted molar refractivity (Wildman–Crippen MR) is 105 cm³/mol. The van der Waals surface area contributed by atoms with Gasteiger partial charge in [0, 0.05) is 18.2 Å². The fraction of sp³-hybridized carbons (Fsp3) is 0.318. The number of amides is 1. The zero-order valence-corrected chi connectivity index (χ0v) is 16.1. The summed E-state index contributed by atoms with van der Waals surface area (Å²) in [5.41, 5.74) is 4.20. The number of carbonyl (C=O) groups excluding carboxylic acids is 1. The van der Waals surface area contributed by atoms with Crippen molar-refractivity contribution in [3.63, 3.8) is 0 Å². The van der Waals surface area contributed by atoms with Crippen LogP contribution in [0.1, 0.15) is 40.2 Å². The fourth-order valence-electron chi connectivity index (χ4n) is 3.54. The molecule has 2 aromatic carbocycles. The molecule has 1 aromatic heterocycles. The molecule has 1 aliphatic carbocycles. The molecule has 1 amide bonds. The molecule has 0 spiro atoms. The molecule has 0 N–H and O–H groups in total. The van der Waals surface area contributed by atoms with Crippen LogP contribution in [0.3, 0.4) is 0 Å². The van der Waals surface area contributed by atoms with E-state index in [9.17, 15) is 4.79 Å². The predicted octanol–water partition coefficient (Wildman–Crippen LogP) is 3.90. The molecule has 3 aromatic rings. The van der Waals surface area contributed by atoms with Gasteiger partial charge in [0.25, 0.3) is 5.91 Å². The van der Waals surface area contributed by atoms with Crippen molar-refractivity contribution in [2.75, 3.05) is 14.2 Å². The van der Waals surface area contributed by atoms with Crippen molar-refractivity contribution >= 4 is 5.91 Å². The highest BCUT2D eigenvalue weighted by Gasteiger charge is 2.18. The molecule has 0 saturated carbocycles. The molecule has 1 heterocycles. The minimum Gasteiger partial charge on any atom is -0.497 e. The normalized spacial score (nSPS) is 13.1. The summed E-state index contributed by atoms with van der Waals surface area (Å²) in [5, 5.41) is 4.02. The number of hydrogen-bond donors (Lipinski definition) is 0. The minimum absolute atomic E-state index is 0.0439. The Morgan fingerprint density at radius 3 is 2.61 bits per heavy atom. The third-order valence-corrected chi connectivity index (χ3v) is 5.13. The quantitative estimate of drug-likeness (QED) is 0.675. The van der Waals surface area contributed by atoms with Crippen LogP contribution in [0, 0.1) is 0 Å². The maximum atomic E-state index is 12.8. The number of ether oxygens (including phenoxy) is 1. The van der Waals surface area contributed by atoms with Crippen LogP contribution < -0.4 is 4.74 Å². The Morgan fingerprint density at radius 1 is 1.11 bits per heavy atom. The highest BCUT2D eigenvalue weighted by atomic mass is 16.5. The van der Waals surface area contributed by atoms with Gasteiger partial charge in [-0.1, -0.05) is 11.2 Å². The summed E-state index contributed by atoms with van der Waals surface area (Å²) in [7, 11) is 3.37. The molecule has 0 unspecified atom stereocenters. The van der Waals surface area contributed by atoms with Gasteiger partial charge in [-0.2, -0.15) is 4.98 Å². The van der Waals surface area contributed by atoms with Gasteiger partial charge in [0.05, 0.1) is 13.7 Å². The minimum atomic E-state index is -0.0439. The lowest BCUT2D eigenvalue weighted by Crippen LogP contribution is -2.26. The van der Waals surface area contributed by atoms with Gasteiger partial charge in [-0.15, -0.1) is 0 Å². The second-order valence-electron chi connectivity index (χ2n) is 7.09. The van der Waals surface area contributed by atoms with Crippen LogP contribution in [0.4, 0.5) is 0 Å². The molecule has 0 saturated heterocycles. The molecule has 144 valence electrons. The van der Waals surface area contributed by atoms with Gasteiger partial charge in [-0.25, -0.2) is 0 Å². The van der Waals surface area contributed by atoms with Crippen LogP contribution in [0.2, 0.25) is 0 Å². The van der Waals surface area contributed by atoms with E-state index in [2.05, 4.69) is 16.2 Å². The monoisotopic (exact) mass is 377 g/mol. The van der Waals surface area contributed by atoms with E-state index in [1.807, 2.05) is 36.4 Å². The molecule has 6 nitrogen and oxygen atoms in total. The van der Waals surface area contributed by atoms with Crippen molar-refractivity contribution in [1.82, 2.24) is 15.0 Å². The first-order valence-electron chi connectivity index (χ1n) is 9.48. The molecular formula is C22H23N3O3. The molecule has 0 aliphatic heterocycles. The van der Waals surface area contributed by atoms with Crippen molar-refractivity contribution in [2.45, 2.75) is 32.2 Å². The second kappa shape index (κ2) is 7.84. The summed E-state index contributed by atoms with van der Waals surface area (Å²) >= 11 is 0. The van der Waals surface area contributed by atoms with E-state index < -0.39 is 0 Å². The Kier molecular flexibility index (Phi) is 5.10. The molecule has 0 atom stereocenters. The van der Waals surface area contributed by atoms with Crippen molar-refractivity contribution in [3.05, 3.63) is 65.0 Å². The Labute approximate surface area is 164 Å². The van der Waals surface area contributed by atoms with Crippen LogP contribution in [0.15, 0.2) is 47.0 Å². The second-order valence-corrected chi connectivity index (χ2v) is 7.09. The number of fused-ring (bicyclic) bond motifs is 1. The Hall–Kier alpha value is -3.15. The number of aryl methyl sites for hydroxylation is 2. The van der Waals surface area contributed by atoms with Crippen LogP contribution in [-0.2, 0) is 19.4 Å². The van der Waals surface area contributed by atoms with Crippen molar-refractivity contribution in [3.8, 4) is 17.1 Å². The third kappa shape index (κ3) is 3.76. The Balaban J connectivity index is 1.45. The zero-order valence-electron chi connectivity index (χ0n) is 16.1. The molecule has 6 heteroatoms. The largest absolute Gasteiger partial charge is 0.497 e. The summed E-state index contributed by atoms with van der Waals surface area (Å²) in [6.07, 6.45) is 4.58. The third-order valence-electron chi connectivity index (χ3n) is 5.13. The molecule has 0 radical (unpaired) electrons. The molecule has 28 heavy (non-hydrogen) atoms. The van der Waals surface area contributed by atoms with E-state index in [4.69, 9.17) is 9.26 Å². The lowest BCUT2D eigenvalue weighted by Gasteiger charge is -2.19. The molecule has 4 rings (SSSR count). The van der Waals surface area contributed by atoms with E-state index in [-0.39, 0.29) is 12.5 Å². The van der Waals surface area contributed by atoms with E-state index in [1.54, 1.807) is 19.1 Å². The number of rotatable bonds is 5. The lowest BCUT2D eigenvalue weighted by molar-refractivity contribution is 0.0769. The maximum absolute atomic E-state index is 12.8. The van der Waals surface area contributed by atoms with Gasteiger partial charge < -0.3 is 14.2 Å². The van der Waals surface area contributed by atoms with E-state index in [1.165, 1.54) is 24.0 Å². The van der Waals surface area contributed by atoms with Gasteiger partial charge >= 0.3 is 0 Å². The van der Waals surface area contributed by atoms with E-state index in [0.717, 1.165) is 24.2 Å². The SMILES string of the molecule is COc1ccc(-c2noc(CN(C)C(=O)c3ccc4c(c3)CCCC4)n2)cc1. The number of hydrogen-bond acceptors (Lipinski definition) is 5. The van der Waals surface area contributed by atoms with Crippen LogP contribution in [0.25, 0.3) is 11.4 Å². The van der Waals surface area contributed by atoms with Crippen molar-refractivity contribution in [1.29, 1.82) is 0 Å². The number of nitrogens with zero attached hydrogens (tertiary/aromatic N) is 3. The topological polar surface area (TPSA) is 68.5 Å². The van der Waals surface area contributed by atoms with Gasteiger partial charge in [-0.05, 0) is 73.2 Å². The summed E-state index contributed by atoms with van der Waals surface area (Å²) in [5.74, 6) is 1.62. The van der Waals surface area contributed by atoms with Gasteiger partial charge in [0.15, 0.2) is 0 Å². The first kappa shape index (κ1) is 18.2. The number of methoxy groups -OCH3 is 1. The van der Waals surface area contributed by atoms with E-state index in [0.29, 0.717) is 17.3 Å². The first-order chi connectivity index (χ1) is 13.6.